The summed E-state index contributed by atoms with van der Waals surface area (Å²) in [4.78, 5) is 6.85. The molecule has 1 aliphatic rings. The molecule has 2 unspecified atom stereocenters. The highest BCUT2D eigenvalue weighted by molar-refractivity contribution is 5.30. The fourth-order valence-corrected chi connectivity index (χ4v) is 2.37. The van der Waals surface area contributed by atoms with Crippen LogP contribution in [-0.2, 0) is 6.54 Å². The van der Waals surface area contributed by atoms with Gasteiger partial charge in [-0.25, -0.2) is 0 Å². The van der Waals surface area contributed by atoms with Crippen LogP contribution in [0.15, 0.2) is 10.7 Å². The molecule has 0 aromatic carbocycles. The number of nitrogens with one attached hydrogen (secondary N) is 1. The first-order valence-corrected chi connectivity index (χ1v) is 6.64. The van der Waals surface area contributed by atoms with Crippen molar-refractivity contribution in [1.82, 2.24) is 10.3 Å². The Hall–Kier alpha value is -1.03. The first kappa shape index (κ1) is 12.4. The van der Waals surface area contributed by atoms with Gasteiger partial charge in [-0.05, 0) is 32.2 Å². The highest BCUT2D eigenvalue weighted by Gasteiger charge is 2.27. The molecule has 1 fully saturated rings. The molecular formula is C13H23N3O. The van der Waals surface area contributed by atoms with E-state index in [1.165, 1.54) is 12.8 Å². The van der Waals surface area contributed by atoms with E-state index in [1.54, 1.807) is 6.26 Å². The zero-order chi connectivity index (χ0) is 12.3. The second-order valence-electron chi connectivity index (χ2n) is 4.96. The molecule has 0 bridgehead atoms. The fourth-order valence-electron chi connectivity index (χ4n) is 2.37. The fraction of sp³-hybridized carbons (Fsp3) is 0.769. The summed E-state index contributed by atoms with van der Waals surface area (Å²) in [6.07, 6.45) is 4.31. The molecule has 1 saturated heterocycles. The standard InChI is InChI=1S/C13H23N3O/c1-4-14-8-12-9-17-13(15-12)16-7-5-6-10(2)11(16)3/h9-11,14H,4-8H2,1-3H3. The van der Waals surface area contributed by atoms with Gasteiger partial charge in [-0.3, -0.25) is 0 Å². The number of hydrogen-bond donors (Lipinski definition) is 1. The minimum absolute atomic E-state index is 0.523. The van der Waals surface area contributed by atoms with Crippen LogP contribution in [0.5, 0.6) is 0 Å². The average Bonchev–Trinajstić information content (AvgIpc) is 2.78. The van der Waals surface area contributed by atoms with Crippen molar-refractivity contribution < 1.29 is 4.42 Å². The Morgan fingerprint density at radius 2 is 2.35 bits per heavy atom. The molecule has 0 spiro atoms. The van der Waals surface area contributed by atoms with Crippen molar-refractivity contribution in [2.24, 2.45) is 5.92 Å². The summed E-state index contributed by atoms with van der Waals surface area (Å²) in [5.41, 5.74) is 0.993. The lowest BCUT2D eigenvalue weighted by Gasteiger charge is -2.36. The Kier molecular flexibility index (Phi) is 4.05. The number of hydrogen-bond acceptors (Lipinski definition) is 4. The summed E-state index contributed by atoms with van der Waals surface area (Å²) in [6, 6.07) is 1.31. The third-order valence-electron chi connectivity index (χ3n) is 3.72. The minimum atomic E-state index is 0.523. The van der Waals surface area contributed by atoms with Gasteiger partial charge < -0.3 is 14.6 Å². The Bertz CT molecular complexity index is 350. The van der Waals surface area contributed by atoms with Crippen LogP contribution in [0.25, 0.3) is 0 Å². The van der Waals surface area contributed by atoms with Gasteiger partial charge >= 0.3 is 0 Å². The van der Waals surface area contributed by atoms with Crippen molar-refractivity contribution in [3.63, 3.8) is 0 Å². The molecule has 0 aliphatic carbocycles. The number of piperidine rings is 1. The van der Waals surface area contributed by atoms with Gasteiger partial charge in [-0.1, -0.05) is 13.8 Å². The summed E-state index contributed by atoms with van der Waals surface area (Å²) in [5.74, 6) is 0.716. The third-order valence-corrected chi connectivity index (χ3v) is 3.72. The zero-order valence-corrected chi connectivity index (χ0v) is 11.1. The third kappa shape index (κ3) is 2.80. The van der Waals surface area contributed by atoms with Crippen LogP contribution < -0.4 is 10.2 Å². The molecule has 1 aliphatic heterocycles. The van der Waals surface area contributed by atoms with E-state index in [2.05, 4.69) is 36.0 Å². The highest BCUT2D eigenvalue weighted by atomic mass is 16.4. The number of rotatable bonds is 4. The Morgan fingerprint density at radius 1 is 1.53 bits per heavy atom. The van der Waals surface area contributed by atoms with Crippen LogP contribution in [0.3, 0.4) is 0 Å². The maximum absolute atomic E-state index is 5.59. The Morgan fingerprint density at radius 3 is 3.12 bits per heavy atom. The molecule has 1 aromatic rings. The van der Waals surface area contributed by atoms with Crippen molar-refractivity contribution in [3.8, 4) is 0 Å². The molecule has 2 atom stereocenters. The summed E-state index contributed by atoms with van der Waals surface area (Å²) >= 11 is 0. The van der Waals surface area contributed by atoms with Crippen molar-refractivity contribution >= 4 is 6.01 Å². The number of aromatic nitrogens is 1. The van der Waals surface area contributed by atoms with Crippen molar-refractivity contribution in [3.05, 3.63) is 12.0 Å². The quantitative estimate of drug-likeness (QED) is 0.873. The highest BCUT2D eigenvalue weighted by Crippen LogP contribution is 2.27. The Balaban J connectivity index is 2.03. The van der Waals surface area contributed by atoms with E-state index in [0.717, 1.165) is 31.3 Å². The van der Waals surface area contributed by atoms with Crippen LogP contribution in [-0.4, -0.2) is 24.1 Å². The van der Waals surface area contributed by atoms with Gasteiger partial charge in [-0.2, -0.15) is 4.98 Å². The molecule has 2 rings (SSSR count). The van der Waals surface area contributed by atoms with Gasteiger partial charge in [0.05, 0.1) is 5.69 Å². The van der Waals surface area contributed by atoms with Gasteiger partial charge in [0, 0.05) is 19.1 Å². The topological polar surface area (TPSA) is 41.3 Å². The first-order valence-electron chi connectivity index (χ1n) is 6.64. The molecule has 0 radical (unpaired) electrons. The SMILES string of the molecule is CCNCc1coc(N2CCCC(C)C2C)n1. The van der Waals surface area contributed by atoms with Crippen LogP contribution in [0.2, 0.25) is 0 Å². The van der Waals surface area contributed by atoms with Crippen LogP contribution >= 0.6 is 0 Å². The second-order valence-corrected chi connectivity index (χ2v) is 4.96. The first-order chi connectivity index (χ1) is 8.22. The lowest BCUT2D eigenvalue weighted by atomic mass is 9.92. The number of anilines is 1. The smallest absolute Gasteiger partial charge is 0.297 e. The average molecular weight is 237 g/mol. The molecule has 1 aromatic heterocycles. The van der Waals surface area contributed by atoms with E-state index in [9.17, 15) is 0 Å². The van der Waals surface area contributed by atoms with E-state index in [0.29, 0.717) is 12.0 Å². The van der Waals surface area contributed by atoms with Crippen molar-refractivity contribution in [2.45, 2.75) is 46.2 Å². The lowest BCUT2D eigenvalue weighted by Crippen LogP contribution is -2.42. The van der Waals surface area contributed by atoms with E-state index < -0.39 is 0 Å². The summed E-state index contributed by atoms with van der Waals surface area (Å²) < 4.78 is 5.59. The number of nitrogens with zero attached hydrogens (tertiary/aromatic N) is 2. The second kappa shape index (κ2) is 5.54. The minimum Gasteiger partial charge on any atom is -0.432 e. The van der Waals surface area contributed by atoms with Crippen LogP contribution in [0.4, 0.5) is 6.01 Å². The van der Waals surface area contributed by atoms with Crippen LogP contribution in [0, 0.1) is 5.92 Å². The van der Waals surface area contributed by atoms with Gasteiger partial charge in [0.25, 0.3) is 6.01 Å². The lowest BCUT2D eigenvalue weighted by molar-refractivity contribution is 0.343. The molecule has 0 amide bonds. The largest absolute Gasteiger partial charge is 0.432 e. The summed E-state index contributed by atoms with van der Waals surface area (Å²) in [7, 11) is 0. The van der Waals surface area contributed by atoms with Gasteiger partial charge in [0.1, 0.15) is 6.26 Å². The van der Waals surface area contributed by atoms with E-state index in [1.807, 2.05) is 0 Å². The molecule has 96 valence electrons. The maximum Gasteiger partial charge on any atom is 0.297 e. The van der Waals surface area contributed by atoms with Gasteiger partial charge in [0.15, 0.2) is 0 Å². The van der Waals surface area contributed by atoms with Crippen molar-refractivity contribution in [1.29, 1.82) is 0 Å². The maximum atomic E-state index is 5.59. The van der Waals surface area contributed by atoms with Gasteiger partial charge in [-0.15, -0.1) is 0 Å². The predicted molar refractivity (Wildman–Crippen MR) is 69.1 cm³/mol. The number of oxazole rings is 1. The molecule has 4 nitrogen and oxygen atoms in total. The van der Waals surface area contributed by atoms with E-state index in [-0.39, 0.29) is 0 Å². The predicted octanol–water partition coefficient (Wildman–Crippen LogP) is 2.41. The summed E-state index contributed by atoms with van der Waals surface area (Å²) in [6.45, 7) is 9.47. The molecule has 0 saturated carbocycles. The monoisotopic (exact) mass is 237 g/mol. The van der Waals surface area contributed by atoms with Crippen LogP contribution in [0.1, 0.15) is 39.3 Å². The Labute approximate surface area is 103 Å². The molecular weight excluding hydrogens is 214 g/mol. The molecule has 17 heavy (non-hydrogen) atoms. The zero-order valence-electron chi connectivity index (χ0n) is 11.1. The normalized spacial score (nSPS) is 25.2. The van der Waals surface area contributed by atoms with E-state index >= 15 is 0 Å². The van der Waals surface area contributed by atoms with Crippen molar-refractivity contribution in [2.75, 3.05) is 18.0 Å². The van der Waals surface area contributed by atoms with Gasteiger partial charge in [0.2, 0.25) is 0 Å². The molecule has 2 heterocycles. The summed E-state index contributed by atoms with van der Waals surface area (Å²) in [5, 5.41) is 3.26. The molecule has 4 heteroatoms. The van der Waals surface area contributed by atoms with E-state index in [4.69, 9.17) is 4.42 Å². The molecule has 1 N–H and O–H groups in total.